The Labute approximate surface area is 136 Å². The summed E-state index contributed by atoms with van der Waals surface area (Å²) in [6.45, 7) is 9.04. The highest BCUT2D eigenvalue weighted by Crippen LogP contribution is 2.38. The average molecular weight is 313 g/mol. The van der Waals surface area contributed by atoms with Crippen molar-refractivity contribution in [2.45, 2.75) is 39.2 Å². The number of anilines is 1. The molecule has 1 aliphatic heterocycles. The van der Waals surface area contributed by atoms with Gasteiger partial charge in [0, 0.05) is 56.0 Å². The molecule has 0 amide bonds. The predicted molar refractivity (Wildman–Crippen MR) is 87.5 cm³/mol. The van der Waals surface area contributed by atoms with Crippen molar-refractivity contribution in [2.24, 2.45) is 0 Å². The zero-order valence-corrected chi connectivity index (χ0v) is 13.8. The van der Waals surface area contributed by atoms with Gasteiger partial charge < -0.3 is 9.42 Å². The summed E-state index contributed by atoms with van der Waals surface area (Å²) in [6, 6.07) is 2.12. The minimum atomic E-state index is 0.603. The summed E-state index contributed by atoms with van der Waals surface area (Å²) in [5.74, 6) is 3.67. The van der Waals surface area contributed by atoms with Crippen LogP contribution in [0.2, 0.25) is 0 Å². The van der Waals surface area contributed by atoms with Gasteiger partial charge in [0.15, 0.2) is 0 Å². The highest BCUT2D eigenvalue weighted by atomic mass is 16.5. The molecular weight excluding hydrogens is 290 g/mol. The van der Waals surface area contributed by atoms with Crippen LogP contribution in [-0.4, -0.2) is 46.2 Å². The minimum Gasteiger partial charge on any atom is -0.361 e. The Morgan fingerprint density at radius 2 is 1.91 bits per heavy atom. The van der Waals surface area contributed by atoms with Crippen molar-refractivity contribution >= 4 is 5.82 Å². The first-order valence-corrected chi connectivity index (χ1v) is 8.42. The van der Waals surface area contributed by atoms with E-state index >= 15 is 0 Å². The van der Waals surface area contributed by atoms with Crippen LogP contribution in [0.1, 0.15) is 41.6 Å². The molecule has 3 heterocycles. The van der Waals surface area contributed by atoms with Gasteiger partial charge in [-0.1, -0.05) is 5.16 Å². The fraction of sp³-hybridized carbons (Fsp3) is 0.588. The van der Waals surface area contributed by atoms with Crippen LogP contribution < -0.4 is 4.90 Å². The molecule has 0 spiro atoms. The van der Waals surface area contributed by atoms with Crippen LogP contribution in [0.5, 0.6) is 0 Å². The Morgan fingerprint density at radius 3 is 2.57 bits per heavy atom. The molecule has 0 unspecified atom stereocenters. The van der Waals surface area contributed by atoms with E-state index in [1.807, 2.05) is 13.1 Å². The van der Waals surface area contributed by atoms with Crippen molar-refractivity contribution in [3.63, 3.8) is 0 Å². The SMILES string of the molecule is Cc1cc(N2CCN(Cc3cnoc3C)CC2)nc(C2CC2)n1. The Bertz CT molecular complexity index is 686. The minimum absolute atomic E-state index is 0.603. The molecule has 2 aliphatic rings. The Kier molecular flexibility index (Phi) is 3.77. The van der Waals surface area contributed by atoms with Gasteiger partial charge in [-0.25, -0.2) is 9.97 Å². The molecule has 23 heavy (non-hydrogen) atoms. The van der Waals surface area contributed by atoms with Gasteiger partial charge in [-0.2, -0.15) is 0 Å². The molecule has 0 atom stereocenters. The van der Waals surface area contributed by atoms with E-state index in [1.54, 1.807) is 0 Å². The molecule has 0 bridgehead atoms. The Morgan fingerprint density at radius 1 is 1.13 bits per heavy atom. The molecule has 1 saturated carbocycles. The maximum atomic E-state index is 5.15. The summed E-state index contributed by atoms with van der Waals surface area (Å²) in [7, 11) is 0. The van der Waals surface area contributed by atoms with Crippen molar-refractivity contribution in [2.75, 3.05) is 31.1 Å². The fourth-order valence-electron chi connectivity index (χ4n) is 3.11. The van der Waals surface area contributed by atoms with Crippen LogP contribution in [0.15, 0.2) is 16.8 Å². The van der Waals surface area contributed by atoms with Gasteiger partial charge in [-0.3, -0.25) is 4.90 Å². The first-order chi connectivity index (χ1) is 11.2. The summed E-state index contributed by atoms with van der Waals surface area (Å²) in [5, 5.41) is 3.86. The third-order valence-electron chi connectivity index (χ3n) is 4.74. The van der Waals surface area contributed by atoms with Crippen LogP contribution in [0, 0.1) is 13.8 Å². The highest BCUT2D eigenvalue weighted by Gasteiger charge is 2.28. The molecular formula is C17H23N5O. The van der Waals surface area contributed by atoms with Gasteiger partial charge in [0.1, 0.15) is 17.4 Å². The van der Waals surface area contributed by atoms with Crippen LogP contribution in [0.4, 0.5) is 5.82 Å². The molecule has 122 valence electrons. The summed E-state index contributed by atoms with van der Waals surface area (Å²) >= 11 is 0. The molecule has 2 aromatic rings. The number of nitrogens with zero attached hydrogens (tertiary/aromatic N) is 5. The first-order valence-electron chi connectivity index (χ1n) is 8.42. The number of hydrogen-bond acceptors (Lipinski definition) is 6. The van der Waals surface area contributed by atoms with Crippen LogP contribution >= 0.6 is 0 Å². The van der Waals surface area contributed by atoms with Crippen molar-refractivity contribution in [3.8, 4) is 0 Å². The van der Waals surface area contributed by atoms with Gasteiger partial charge in [-0.05, 0) is 26.7 Å². The maximum absolute atomic E-state index is 5.15. The number of rotatable bonds is 4. The molecule has 0 aromatic carbocycles. The molecule has 1 saturated heterocycles. The smallest absolute Gasteiger partial charge is 0.138 e. The lowest BCUT2D eigenvalue weighted by molar-refractivity contribution is 0.247. The molecule has 6 nitrogen and oxygen atoms in total. The van der Waals surface area contributed by atoms with Crippen LogP contribution in [0.3, 0.4) is 0 Å². The van der Waals surface area contributed by atoms with E-state index in [-0.39, 0.29) is 0 Å². The fourth-order valence-corrected chi connectivity index (χ4v) is 3.11. The monoisotopic (exact) mass is 313 g/mol. The Balaban J connectivity index is 1.40. The molecule has 0 radical (unpaired) electrons. The lowest BCUT2D eigenvalue weighted by Crippen LogP contribution is -2.46. The summed E-state index contributed by atoms with van der Waals surface area (Å²) < 4.78 is 5.15. The second-order valence-electron chi connectivity index (χ2n) is 6.67. The second-order valence-corrected chi connectivity index (χ2v) is 6.67. The largest absolute Gasteiger partial charge is 0.361 e. The molecule has 0 N–H and O–H groups in total. The van der Waals surface area contributed by atoms with E-state index in [0.717, 1.165) is 55.8 Å². The quantitative estimate of drug-likeness (QED) is 0.863. The van der Waals surface area contributed by atoms with Crippen LogP contribution in [0.25, 0.3) is 0 Å². The third kappa shape index (κ3) is 3.22. The second kappa shape index (κ2) is 5.92. The zero-order chi connectivity index (χ0) is 15.8. The lowest BCUT2D eigenvalue weighted by Gasteiger charge is -2.35. The highest BCUT2D eigenvalue weighted by molar-refractivity contribution is 5.41. The number of hydrogen-bond donors (Lipinski definition) is 0. The van der Waals surface area contributed by atoms with E-state index in [1.165, 1.54) is 18.4 Å². The van der Waals surface area contributed by atoms with Crippen molar-refractivity contribution < 1.29 is 4.52 Å². The molecule has 2 fully saturated rings. The van der Waals surface area contributed by atoms with E-state index in [4.69, 9.17) is 9.51 Å². The van der Waals surface area contributed by atoms with E-state index in [0.29, 0.717) is 5.92 Å². The number of piperazine rings is 1. The molecule has 1 aliphatic carbocycles. The third-order valence-corrected chi connectivity index (χ3v) is 4.74. The number of aromatic nitrogens is 3. The molecule has 6 heteroatoms. The standard InChI is InChI=1S/C17H23N5O/c1-12-9-16(20-17(19-12)14-3-4-14)22-7-5-21(6-8-22)11-15-10-18-23-13(15)2/h9-10,14H,3-8,11H2,1-2H3. The van der Waals surface area contributed by atoms with E-state index < -0.39 is 0 Å². The topological polar surface area (TPSA) is 58.3 Å². The normalized spacial score (nSPS) is 19.3. The van der Waals surface area contributed by atoms with Crippen LogP contribution in [-0.2, 0) is 6.54 Å². The predicted octanol–water partition coefficient (Wildman–Crippen LogP) is 2.28. The van der Waals surface area contributed by atoms with Gasteiger partial charge in [-0.15, -0.1) is 0 Å². The zero-order valence-electron chi connectivity index (χ0n) is 13.8. The lowest BCUT2D eigenvalue weighted by atomic mass is 10.2. The van der Waals surface area contributed by atoms with Crippen molar-refractivity contribution in [1.82, 2.24) is 20.0 Å². The van der Waals surface area contributed by atoms with Crippen molar-refractivity contribution in [3.05, 3.63) is 35.1 Å². The first kappa shape index (κ1) is 14.6. The van der Waals surface area contributed by atoms with Gasteiger partial charge in [0.05, 0.1) is 6.20 Å². The van der Waals surface area contributed by atoms with Gasteiger partial charge in [0.25, 0.3) is 0 Å². The summed E-state index contributed by atoms with van der Waals surface area (Å²) in [6.07, 6.45) is 4.32. The van der Waals surface area contributed by atoms with E-state index in [9.17, 15) is 0 Å². The van der Waals surface area contributed by atoms with Crippen molar-refractivity contribution in [1.29, 1.82) is 0 Å². The maximum Gasteiger partial charge on any atom is 0.138 e. The average Bonchev–Trinajstić information content (AvgIpc) is 3.32. The Hall–Kier alpha value is -1.95. The summed E-state index contributed by atoms with van der Waals surface area (Å²) in [4.78, 5) is 14.2. The van der Waals surface area contributed by atoms with E-state index in [2.05, 4.69) is 32.9 Å². The number of aryl methyl sites for hydroxylation is 2. The molecule has 2 aromatic heterocycles. The van der Waals surface area contributed by atoms with Gasteiger partial charge in [0.2, 0.25) is 0 Å². The van der Waals surface area contributed by atoms with Gasteiger partial charge >= 0.3 is 0 Å². The summed E-state index contributed by atoms with van der Waals surface area (Å²) in [5.41, 5.74) is 2.27. The molecule has 4 rings (SSSR count).